The van der Waals surface area contributed by atoms with Crippen molar-refractivity contribution >= 4 is 23.9 Å². The van der Waals surface area contributed by atoms with Crippen molar-refractivity contribution < 1.29 is 33.4 Å². The van der Waals surface area contributed by atoms with E-state index in [0.29, 0.717) is 6.42 Å². The third-order valence-corrected chi connectivity index (χ3v) is 4.97. The minimum Gasteiger partial charge on any atom is -0.467 e. The molecule has 9 heteroatoms. The molecule has 9 nitrogen and oxygen atoms in total. The Morgan fingerprint density at radius 2 is 1.78 bits per heavy atom. The standard InChI is InChI=1S/C23H32N2O7/c1-16-20(27)24(13-9-12-19(26)32-23(2,3)4)18(21(28)30-5)14-25(16)22(29)31-15-17-10-7-6-8-11-17/h6-8,10-11,16,18H,9,12-15H2,1-5H3. The van der Waals surface area contributed by atoms with E-state index in [1.54, 1.807) is 27.7 Å². The molecule has 1 heterocycles. The fourth-order valence-corrected chi connectivity index (χ4v) is 3.39. The van der Waals surface area contributed by atoms with Crippen LogP contribution in [0.4, 0.5) is 4.79 Å². The first kappa shape index (κ1) is 25.2. The van der Waals surface area contributed by atoms with Crippen molar-refractivity contribution in [2.45, 2.75) is 64.8 Å². The van der Waals surface area contributed by atoms with E-state index >= 15 is 0 Å². The average Bonchev–Trinajstić information content (AvgIpc) is 2.74. The van der Waals surface area contributed by atoms with Gasteiger partial charge in [-0.3, -0.25) is 14.5 Å². The molecule has 1 aromatic rings. The molecule has 2 unspecified atom stereocenters. The van der Waals surface area contributed by atoms with E-state index in [1.165, 1.54) is 16.9 Å². The maximum absolute atomic E-state index is 13.0. The van der Waals surface area contributed by atoms with Crippen LogP contribution >= 0.6 is 0 Å². The molecule has 0 spiro atoms. The van der Waals surface area contributed by atoms with E-state index < -0.39 is 35.7 Å². The minimum atomic E-state index is -0.980. The van der Waals surface area contributed by atoms with Crippen molar-refractivity contribution in [3.8, 4) is 0 Å². The number of nitrogens with zero attached hydrogens (tertiary/aromatic N) is 2. The maximum atomic E-state index is 13.0. The SMILES string of the molecule is COC(=O)C1CN(C(=O)OCc2ccccc2)C(C)C(=O)N1CCCC(=O)OC(C)(C)C. The van der Waals surface area contributed by atoms with Crippen LogP contribution in [0.3, 0.4) is 0 Å². The van der Waals surface area contributed by atoms with E-state index in [2.05, 4.69) is 0 Å². The summed E-state index contributed by atoms with van der Waals surface area (Å²) < 4.78 is 15.5. The van der Waals surface area contributed by atoms with E-state index in [1.807, 2.05) is 30.3 Å². The van der Waals surface area contributed by atoms with Gasteiger partial charge in [0, 0.05) is 13.0 Å². The molecule has 2 rings (SSSR count). The van der Waals surface area contributed by atoms with Gasteiger partial charge in [-0.05, 0) is 39.7 Å². The van der Waals surface area contributed by atoms with E-state index in [-0.39, 0.29) is 32.1 Å². The number of carbonyl (C=O) groups excluding carboxylic acids is 4. The summed E-state index contributed by atoms with van der Waals surface area (Å²) in [6.45, 7) is 7.08. The molecular formula is C23H32N2O7. The molecule has 2 amide bonds. The highest BCUT2D eigenvalue weighted by Crippen LogP contribution is 2.21. The number of hydrogen-bond donors (Lipinski definition) is 0. The first-order valence-electron chi connectivity index (χ1n) is 10.6. The van der Waals surface area contributed by atoms with Gasteiger partial charge >= 0.3 is 18.0 Å². The molecule has 0 N–H and O–H groups in total. The third kappa shape index (κ3) is 6.96. The highest BCUT2D eigenvalue weighted by Gasteiger charge is 2.44. The molecule has 0 aromatic heterocycles. The molecule has 1 aromatic carbocycles. The number of piperazine rings is 1. The monoisotopic (exact) mass is 448 g/mol. The number of methoxy groups -OCH3 is 1. The molecule has 1 aliphatic heterocycles. The van der Waals surface area contributed by atoms with Crippen LogP contribution in [0.15, 0.2) is 30.3 Å². The molecule has 32 heavy (non-hydrogen) atoms. The van der Waals surface area contributed by atoms with Crippen molar-refractivity contribution in [3.05, 3.63) is 35.9 Å². The van der Waals surface area contributed by atoms with Gasteiger partial charge in [0.25, 0.3) is 0 Å². The molecule has 0 saturated carbocycles. The van der Waals surface area contributed by atoms with Gasteiger partial charge in [0.2, 0.25) is 5.91 Å². The summed E-state index contributed by atoms with van der Waals surface area (Å²) in [5.41, 5.74) is 0.215. The fraction of sp³-hybridized carbons (Fsp3) is 0.565. The summed E-state index contributed by atoms with van der Waals surface area (Å²) in [6.07, 6.45) is -0.261. The fourth-order valence-electron chi connectivity index (χ4n) is 3.39. The second-order valence-corrected chi connectivity index (χ2v) is 8.63. The van der Waals surface area contributed by atoms with E-state index in [0.717, 1.165) is 5.56 Å². The largest absolute Gasteiger partial charge is 0.467 e. The van der Waals surface area contributed by atoms with Crippen molar-refractivity contribution in [2.75, 3.05) is 20.2 Å². The summed E-state index contributed by atoms with van der Waals surface area (Å²) in [6, 6.07) is 7.36. The maximum Gasteiger partial charge on any atom is 0.410 e. The number of hydrogen-bond acceptors (Lipinski definition) is 7. The zero-order valence-corrected chi connectivity index (χ0v) is 19.3. The molecule has 176 valence electrons. The zero-order chi connectivity index (χ0) is 23.9. The number of benzene rings is 1. The van der Waals surface area contributed by atoms with Gasteiger partial charge in [0.05, 0.1) is 13.7 Å². The lowest BCUT2D eigenvalue weighted by atomic mass is 10.1. The van der Waals surface area contributed by atoms with Crippen LogP contribution in [-0.2, 0) is 35.2 Å². The zero-order valence-electron chi connectivity index (χ0n) is 19.3. The lowest BCUT2D eigenvalue weighted by Gasteiger charge is -2.42. The smallest absolute Gasteiger partial charge is 0.410 e. The van der Waals surface area contributed by atoms with Crippen LogP contribution in [0, 0.1) is 0 Å². The minimum absolute atomic E-state index is 0.0551. The molecule has 1 saturated heterocycles. The lowest BCUT2D eigenvalue weighted by molar-refractivity contribution is -0.161. The van der Waals surface area contributed by atoms with Crippen LogP contribution < -0.4 is 0 Å². The summed E-state index contributed by atoms with van der Waals surface area (Å²) in [5.74, 6) is -1.42. The molecular weight excluding hydrogens is 416 g/mol. The number of rotatable bonds is 7. The van der Waals surface area contributed by atoms with Crippen LogP contribution in [0.5, 0.6) is 0 Å². The number of carbonyl (C=O) groups is 4. The van der Waals surface area contributed by atoms with Crippen molar-refractivity contribution in [3.63, 3.8) is 0 Å². The number of amides is 2. The van der Waals surface area contributed by atoms with Gasteiger partial charge in [0.1, 0.15) is 24.3 Å². The van der Waals surface area contributed by atoms with Crippen LogP contribution in [0.1, 0.15) is 46.1 Å². The van der Waals surface area contributed by atoms with Crippen molar-refractivity contribution in [2.24, 2.45) is 0 Å². The highest BCUT2D eigenvalue weighted by atomic mass is 16.6. The molecule has 0 aliphatic carbocycles. The number of ether oxygens (including phenoxy) is 3. The van der Waals surface area contributed by atoms with Gasteiger partial charge in [-0.2, -0.15) is 0 Å². The normalized spacial score (nSPS) is 18.8. The highest BCUT2D eigenvalue weighted by molar-refractivity contribution is 5.92. The first-order chi connectivity index (χ1) is 15.0. The van der Waals surface area contributed by atoms with Crippen LogP contribution in [-0.4, -0.2) is 71.6 Å². The van der Waals surface area contributed by atoms with Gasteiger partial charge in [-0.25, -0.2) is 9.59 Å². The van der Waals surface area contributed by atoms with Crippen molar-refractivity contribution in [1.82, 2.24) is 9.80 Å². The lowest BCUT2D eigenvalue weighted by Crippen LogP contribution is -2.64. The molecule has 1 fully saturated rings. The Morgan fingerprint density at radius 3 is 2.38 bits per heavy atom. The Balaban J connectivity index is 2.02. The Hall–Kier alpha value is -3.10. The third-order valence-electron chi connectivity index (χ3n) is 4.97. The van der Waals surface area contributed by atoms with Crippen molar-refractivity contribution in [1.29, 1.82) is 0 Å². The number of esters is 2. The first-order valence-corrected chi connectivity index (χ1v) is 10.6. The Bertz CT molecular complexity index is 819. The van der Waals surface area contributed by atoms with Gasteiger partial charge in [0.15, 0.2) is 0 Å². The van der Waals surface area contributed by atoms with E-state index in [9.17, 15) is 19.2 Å². The second kappa shape index (κ2) is 11.0. The molecule has 0 radical (unpaired) electrons. The van der Waals surface area contributed by atoms with Gasteiger partial charge in [-0.1, -0.05) is 30.3 Å². The summed E-state index contributed by atoms with van der Waals surface area (Å²) in [5, 5.41) is 0. The van der Waals surface area contributed by atoms with Crippen LogP contribution in [0.2, 0.25) is 0 Å². The Labute approximate surface area is 188 Å². The Kier molecular flexibility index (Phi) is 8.63. The summed E-state index contributed by atoms with van der Waals surface area (Å²) in [4.78, 5) is 52.6. The second-order valence-electron chi connectivity index (χ2n) is 8.63. The van der Waals surface area contributed by atoms with Gasteiger partial charge < -0.3 is 19.1 Å². The van der Waals surface area contributed by atoms with E-state index in [4.69, 9.17) is 14.2 Å². The predicted molar refractivity (Wildman–Crippen MR) is 115 cm³/mol. The predicted octanol–water partition coefficient (Wildman–Crippen LogP) is 2.52. The average molecular weight is 449 g/mol. The molecule has 2 atom stereocenters. The van der Waals surface area contributed by atoms with Gasteiger partial charge in [-0.15, -0.1) is 0 Å². The van der Waals surface area contributed by atoms with Crippen LogP contribution in [0.25, 0.3) is 0 Å². The molecule has 1 aliphatic rings. The quantitative estimate of drug-likeness (QED) is 0.466. The Morgan fingerprint density at radius 1 is 1.12 bits per heavy atom. The topological polar surface area (TPSA) is 102 Å². The molecule has 0 bridgehead atoms. The summed E-state index contributed by atoms with van der Waals surface area (Å²) >= 11 is 0. The summed E-state index contributed by atoms with van der Waals surface area (Å²) in [7, 11) is 1.22.